The van der Waals surface area contributed by atoms with E-state index >= 15 is 0 Å². The van der Waals surface area contributed by atoms with Gasteiger partial charge in [-0.15, -0.1) is 0 Å². The molecule has 1 atom stereocenters. The van der Waals surface area contributed by atoms with E-state index in [9.17, 15) is 13.2 Å². The van der Waals surface area contributed by atoms with Crippen molar-refractivity contribution in [1.82, 2.24) is 0 Å². The fourth-order valence-corrected chi connectivity index (χ4v) is 4.34. The van der Waals surface area contributed by atoms with Crippen LogP contribution in [-0.2, 0) is 12.8 Å². The molecule has 4 heteroatoms. The fourth-order valence-electron chi connectivity index (χ4n) is 4.34. The molecule has 0 spiro atoms. The number of halogens is 3. The van der Waals surface area contributed by atoms with Crippen LogP contribution in [0.25, 0.3) is 22.3 Å². The third-order valence-corrected chi connectivity index (χ3v) is 5.81. The van der Waals surface area contributed by atoms with Crippen LogP contribution in [0, 0.1) is 17.6 Å². The fraction of sp³-hybridized carbons (Fsp3) is 0.259. The highest BCUT2D eigenvalue weighted by Crippen LogP contribution is 2.34. The molecular formula is C27H25F3O. The summed E-state index contributed by atoms with van der Waals surface area (Å²) in [5.41, 5.74) is 6.18. The first-order valence-corrected chi connectivity index (χ1v) is 10.6. The van der Waals surface area contributed by atoms with E-state index in [0.29, 0.717) is 17.4 Å². The first-order chi connectivity index (χ1) is 14.9. The number of rotatable bonds is 6. The van der Waals surface area contributed by atoms with Gasteiger partial charge in [0.15, 0.2) is 17.4 Å². The molecule has 3 aromatic carbocycles. The molecule has 4 rings (SSSR count). The predicted molar refractivity (Wildman–Crippen MR) is 119 cm³/mol. The van der Waals surface area contributed by atoms with Crippen molar-refractivity contribution < 1.29 is 17.9 Å². The molecule has 0 N–H and O–H groups in total. The van der Waals surface area contributed by atoms with Gasteiger partial charge in [-0.2, -0.15) is 0 Å². The topological polar surface area (TPSA) is 9.23 Å². The Hall–Kier alpha value is -3.01. The van der Waals surface area contributed by atoms with Crippen LogP contribution in [0.2, 0.25) is 0 Å². The van der Waals surface area contributed by atoms with Crippen LogP contribution < -0.4 is 4.74 Å². The molecule has 31 heavy (non-hydrogen) atoms. The molecule has 0 amide bonds. The second kappa shape index (κ2) is 9.01. The Kier molecular flexibility index (Phi) is 6.17. The molecule has 0 saturated carbocycles. The van der Waals surface area contributed by atoms with Crippen LogP contribution in [0.3, 0.4) is 0 Å². The molecule has 1 aliphatic carbocycles. The summed E-state index contributed by atoms with van der Waals surface area (Å²) in [7, 11) is 0. The van der Waals surface area contributed by atoms with E-state index in [1.807, 2.05) is 24.3 Å². The molecule has 0 aliphatic heterocycles. The van der Waals surface area contributed by atoms with E-state index < -0.39 is 23.2 Å². The van der Waals surface area contributed by atoms with Gasteiger partial charge in [-0.3, -0.25) is 0 Å². The average Bonchev–Trinajstić information content (AvgIpc) is 3.15. The zero-order valence-corrected chi connectivity index (χ0v) is 17.7. The normalized spacial score (nSPS) is 15.8. The lowest BCUT2D eigenvalue weighted by molar-refractivity contribution is 0.392. The highest BCUT2D eigenvalue weighted by atomic mass is 19.1. The van der Waals surface area contributed by atoms with Crippen molar-refractivity contribution in [1.29, 1.82) is 0 Å². The number of allylic oxidation sites excluding steroid dienone is 1. The maximum absolute atomic E-state index is 14.3. The molecule has 0 fully saturated rings. The summed E-state index contributed by atoms with van der Waals surface area (Å²) >= 11 is 0. The van der Waals surface area contributed by atoms with Gasteiger partial charge >= 0.3 is 0 Å². The number of hydrogen-bond acceptors (Lipinski definition) is 1. The monoisotopic (exact) mass is 422 g/mol. The first-order valence-electron chi connectivity index (χ1n) is 10.6. The Bertz CT molecular complexity index is 1090. The quantitative estimate of drug-likeness (QED) is 0.365. The largest absolute Gasteiger partial charge is 0.456 e. The summed E-state index contributed by atoms with van der Waals surface area (Å²) in [6, 6.07) is 16.7. The number of ether oxygens (including phenoxy) is 1. The van der Waals surface area contributed by atoms with Crippen molar-refractivity contribution in [3.8, 4) is 28.0 Å². The standard InChI is InChI=1S/C27H25F3O/c1-3-4-18-11-21-9-10-22(13-23(21)12-18)19-5-7-20(8-6-19)24-14-25(29)27(26(30)15-24)31-16-17(2)28/h5-10,13-16,18H,3-4,11-12H2,1-2H3/b17-16-. The Morgan fingerprint density at radius 1 is 0.871 bits per heavy atom. The third kappa shape index (κ3) is 4.68. The summed E-state index contributed by atoms with van der Waals surface area (Å²) in [6.07, 6.45) is 5.46. The lowest BCUT2D eigenvalue weighted by Gasteiger charge is -2.09. The number of fused-ring (bicyclic) bond motifs is 1. The third-order valence-electron chi connectivity index (χ3n) is 5.81. The molecule has 1 unspecified atom stereocenters. The predicted octanol–water partition coefficient (Wildman–Crippen LogP) is 8.02. The van der Waals surface area contributed by atoms with Crippen molar-refractivity contribution in [2.24, 2.45) is 5.92 Å². The number of hydrogen-bond donors (Lipinski definition) is 0. The van der Waals surface area contributed by atoms with Gasteiger partial charge in [0.1, 0.15) is 12.1 Å². The van der Waals surface area contributed by atoms with E-state index in [-0.39, 0.29) is 0 Å². The maximum Gasteiger partial charge on any atom is 0.197 e. The number of benzene rings is 3. The smallest absolute Gasteiger partial charge is 0.197 e. The van der Waals surface area contributed by atoms with Crippen molar-refractivity contribution in [2.75, 3.05) is 0 Å². The summed E-state index contributed by atoms with van der Waals surface area (Å²) in [5.74, 6) is -2.30. The summed E-state index contributed by atoms with van der Waals surface area (Å²) < 4.78 is 46.1. The van der Waals surface area contributed by atoms with E-state index in [2.05, 4.69) is 25.1 Å². The van der Waals surface area contributed by atoms with Crippen LogP contribution in [0.15, 0.2) is 66.7 Å². The van der Waals surface area contributed by atoms with Gasteiger partial charge in [0, 0.05) is 0 Å². The minimum absolute atomic E-state index is 0.395. The van der Waals surface area contributed by atoms with Gasteiger partial charge < -0.3 is 4.74 Å². The van der Waals surface area contributed by atoms with Crippen LogP contribution in [-0.4, -0.2) is 0 Å². The van der Waals surface area contributed by atoms with Gasteiger partial charge in [-0.1, -0.05) is 62.2 Å². The second-order valence-corrected chi connectivity index (χ2v) is 8.22. The zero-order valence-electron chi connectivity index (χ0n) is 17.7. The lowest BCUT2D eigenvalue weighted by atomic mass is 9.97. The van der Waals surface area contributed by atoms with Gasteiger partial charge in [-0.25, -0.2) is 13.2 Å². The van der Waals surface area contributed by atoms with Crippen LogP contribution in [0.5, 0.6) is 5.75 Å². The van der Waals surface area contributed by atoms with Crippen molar-refractivity contribution in [3.05, 3.63) is 89.4 Å². The zero-order chi connectivity index (χ0) is 22.0. The molecule has 1 aliphatic rings. The highest BCUT2D eigenvalue weighted by Gasteiger charge is 2.21. The van der Waals surface area contributed by atoms with Gasteiger partial charge in [0.05, 0.1) is 0 Å². The maximum atomic E-state index is 14.3. The molecule has 0 aromatic heterocycles. The Labute approximate surface area is 181 Å². The molecule has 1 nitrogen and oxygen atoms in total. The van der Waals surface area contributed by atoms with E-state index in [1.165, 1.54) is 42.5 Å². The second-order valence-electron chi connectivity index (χ2n) is 8.22. The molecule has 0 bridgehead atoms. The van der Waals surface area contributed by atoms with E-state index in [0.717, 1.165) is 30.4 Å². The van der Waals surface area contributed by atoms with Gasteiger partial charge in [-0.05, 0) is 71.2 Å². The molecule has 160 valence electrons. The van der Waals surface area contributed by atoms with Crippen molar-refractivity contribution in [3.63, 3.8) is 0 Å². The minimum atomic E-state index is -0.878. The molecular weight excluding hydrogens is 397 g/mol. The summed E-state index contributed by atoms with van der Waals surface area (Å²) in [5, 5.41) is 0. The highest BCUT2D eigenvalue weighted by molar-refractivity contribution is 5.71. The molecule has 0 heterocycles. The first kappa shape index (κ1) is 21.2. The van der Waals surface area contributed by atoms with Crippen molar-refractivity contribution in [2.45, 2.75) is 39.5 Å². The Morgan fingerprint density at radius 2 is 1.45 bits per heavy atom. The Morgan fingerprint density at radius 3 is 2.06 bits per heavy atom. The molecule has 0 saturated heterocycles. The molecule has 3 aromatic rings. The van der Waals surface area contributed by atoms with Crippen LogP contribution in [0.1, 0.15) is 37.8 Å². The van der Waals surface area contributed by atoms with Gasteiger partial charge in [0.2, 0.25) is 0 Å². The SMILES string of the molecule is CCCC1Cc2ccc(-c3ccc(-c4cc(F)c(O/C=C(/C)F)c(F)c4)cc3)cc2C1. The summed E-state index contributed by atoms with van der Waals surface area (Å²) in [6.45, 7) is 3.37. The van der Waals surface area contributed by atoms with E-state index in [1.54, 1.807) is 0 Å². The minimum Gasteiger partial charge on any atom is -0.456 e. The molecule has 0 radical (unpaired) electrons. The van der Waals surface area contributed by atoms with E-state index in [4.69, 9.17) is 4.74 Å². The average molecular weight is 422 g/mol. The summed E-state index contributed by atoms with van der Waals surface area (Å²) in [4.78, 5) is 0. The Balaban J connectivity index is 1.56. The van der Waals surface area contributed by atoms with Crippen molar-refractivity contribution >= 4 is 0 Å². The van der Waals surface area contributed by atoms with Gasteiger partial charge in [0.25, 0.3) is 0 Å². The van der Waals surface area contributed by atoms with Crippen LogP contribution >= 0.6 is 0 Å². The lowest BCUT2D eigenvalue weighted by Crippen LogP contribution is -1.97. The van der Waals surface area contributed by atoms with Crippen LogP contribution in [0.4, 0.5) is 13.2 Å².